The van der Waals surface area contributed by atoms with E-state index < -0.39 is 20.5 Å². The summed E-state index contributed by atoms with van der Waals surface area (Å²) in [6, 6.07) is 6.32. The summed E-state index contributed by atoms with van der Waals surface area (Å²) in [5.74, 6) is 0. The molecule has 2 rings (SSSR count). The van der Waals surface area contributed by atoms with Gasteiger partial charge in [0.15, 0.2) is 0 Å². The molecule has 1 atom stereocenters. The second kappa shape index (κ2) is 8.55. The lowest BCUT2D eigenvalue weighted by Crippen LogP contribution is -2.24. The van der Waals surface area contributed by atoms with Crippen LogP contribution in [0.2, 0.25) is 0 Å². The van der Waals surface area contributed by atoms with Crippen molar-refractivity contribution in [1.29, 1.82) is 0 Å². The van der Waals surface area contributed by atoms with Gasteiger partial charge in [0, 0.05) is 0 Å². The first kappa shape index (κ1) is 22.5. The Morgan fingerprint density at radius 2 is 1.58 bits per heavy atom. The smallest absolute Gasteiger partial charge is 0.294 e. The summed E-state index contributed by atoms with van der Waals surface area (Å²) >= 11 is 0. The molecule has 1 heterocycles. The van der Waals surface area contributed by atoms with Gasteiger partial charge in [-0.3, -0.25) is 9.11 Å². The molecule has 0 fully saturated rings. The largest absolute Gasteiger partial charge is 0.726 e. The number of hydrogen-bond acceptors (Lipinski definition) is 5. The number of benzene rings is 1. The van der Waals surface area contributed by atoms with Gasteiger partial charge in [0.05, 0.1) is 11.9 Å². The SMILES string of the molecule is CC(c1ccc(S(=O)(=O)O)cc1)n1cc[n+](C)c1.Cl.O=S(=O)([O-])O. The fraction of sp³-hybridized carbons (Fsp3) is 0.250. The molecule has 0 aliphatic rings. The van der Waals surface area contributed by atoms with E-state index >= 15 is 0 Å². The van der Waals surface area contributed by atoms with Gasteiger partial charge in [-0.05, 0) is 24.6 Å². The van der Waals surface area contributed by atoms with Gasteiger partial charge in [-0.1, -0.05) is 12.1 Å². The van der Waals surface area contributed by atoms with Crippen molar-refractivity contribution in [2.75, 3.05) is 0 Å². The van der Waals surface area contributed by atoms with Crippen LogP contribution >= 0.6 is 12.4 Å². The summed E-state index contributed by atoms with van der Waals surface area (Å²) in [6.45, 7) is 2.02. The maximum atomic E-state index is 10.9. The Bertz CT molecular complexity index is 853. The fourth-order valence-electron chi connectivity index (χ4n) is 1.79. The minimum Gasteiger partial charge on any atom is -0.726 e. The van der Waals surface area contributed by atoms with Crippen LogP contribution in [0.4, 0.5) is 0 Å². The van der Waals surface area contributed by atoms with Gasteiger partial charge in [-0.15, -0.1) is 12.4 Å². The molecular weight excluding hydrogens is 384 g/mol. The van der Waals surface area contributed by atoms with Gasteiger partial charge in [-0.2, -0.15) is 8.42 Å². The van der Waals surface area contributed by atoms with Gasteiger partial charge in [0.2, 0.25) is 16.7 Å². The molecule has 2 N–H and O–H groups in total. The zero-order chi connectivity index (χ0) is 17.8. The highest BCUT2D eigenvalue weighted by atomic mass is 35.5. The molecule has 1 aromatic carbocycles. The molecule has 24 heavy (non-hydrogen) atoms. The number of nitrogens with zero attached hydrogens (tertiary/aromatic N) is 2. The third-order valence-electron chi connectivity index (χ3n) is 2.90. The Balaban J connectivity index is 0.000000777. The summed E-state index contributed by atoms with van der Waals surface area (Å²) in [4.78, 5) is -0.0866. The molecule has 1 aromatic heterocycles. The molecule has 0 spiro atoms. The number of aryl methyl sites for hydroxylation is 1. The quantitative estimate of drug-likeness (QED) is 0.436. The van der Waals surface area contributed by atoms with E-state index in [1.54, 1.807) is 12.1 Å². The van der Waals surface area contributed by atoms with E-state index in [-0.39, 0.29) is 23.3 Å². The summed E-state index contributed by atoms with van der Waals surface area (Å²) < 4.78 is 67.6. The molecule has 136 valence electrons. The third kappa shape index (κ3) is 7.86. The molecular formula is C12H17ClN2O7S2. The molecule has 0 saturated carbocycles. The Morgan fingerprint density at radius 3 is 1.92 bits per heavy atom. The normalized spacial score (nSPS) is 12.5. The van der Waals surface area contributed by atoms with Crippen LogP contribution in [0.25, 0.3) is 0 Å². The number of aromatic nitrogens is 2. The monoisotopic (exact) mass is 400 g/mol. The Hall–Kier alpha value is -1.50. The van der Waals surface area contributed by atoms with Gasteiger partial charge >= 0.3 is 0 Å². The second-order valence-electron chi connectivity index (χ2n) is 4.67. The zero-order valence-corrected chi connectivity index (χ0v) is 15.1. The molecule has 12 heteroatoms. The van der Waals surface area contributed by atoms with Crippen LogP contribution in [0.1, 0.15) is 18.5 Å². The Kier molecular flexibility index (Phi) is 8.02. The van der Waals surface area contributed by atoms with Crippen LogP contribution in [0.15, 0.2) is 47.9 Å². The third-order valence-corrected chi connectivity index (χ3v) is 3.76. The van der Waals surface area contributed by atoms with E-state index in [2.05, 4.69) is 0 Å². The lowest BCUT2D eigenvalue weighted by atomic mass is 10.1. The van der Waals surface area contributed by atoms with Gasteiger partial charge < -0.3 is 4.55 Å². The van der Waals surface area contributed by atoms with Crippen molar-refractivity contribution >= 4 is 32.9 Å². The molecule has 2 aromatic rings. The highest BCUT2D eigenvalue weighted by Crippen LogP contribution is 2.19. The lowest BCUT2D eigenvalue weighted by molar-refractivity contribution is -0.671. The van der Waals surface area contributed by atoms with E-state index in [0.29, 0.717) is 0 Å². The molecule has 9 nitrogen and oxygen atoms in total. The first-order valence-electron chi connectivity index (χ1n) is 6.16. The van der Waals surface area contributed by atoms with Crippen molar-refractivity contribution in [3.05, 3.63) is 48.5 Å². The topological polar surface area (TPSA) is 141 Å². The number of rotatable bonds is 3. The highest BCUT2D eigenvalue weighted by molar-refractivity contribution is 7.85. The molecule has 0 amide bonds. The van der Waals surface area contributed by atoms with Crippen molar-refractivity contribution in [2.45, 2.75) is 17.9 Å². The summed E-state index contributed by atoms with van der Waals surface area (Å²) in [6.07, 6.45) is 5.83. The van der Waals surface area contributed by atoms with E-state index in [9.17, 15) is 8.42 Å². The first-order valence-corrected chi connectivity index (χ1v) is 8.97. The van der Waals surface area contributed by atoms with Crippen molar-refractivity contribution in [3.63, 3.8) is 0 Å². The van der Waals surface area contributed by atoms with Gasteiger partial charge in [-0.25, -0.2) is 17.6 Å². The van der Waals surface area contributed by atoms with Crippen LogP contribution in [0.3, 0.4) is 0 Å². The Labute approximate surface area is 146 Å². The van der Waals surface area contributed by atoms with Gasteiger partial charge in [0.25, 0.3) is 10.1 Å². The van der Waals surface area contributed by atoms with Crippen LogP contribution in [0, 0.1) is 0 Å². The molecule has 0 saturated heterocycles. The maximum Gasteiger partial charge on any atom is 0.294 e. The Morgan fingerprint density at radius 1 is 1.12 bits per heavy atom. The molecule has 0 radical (unpaired) electrons. The van der Waals surface area contributed by atoms with Gasteiger partial charge in [0.1, 0.15) is 18.4 Å². The zero-order valence-electron chi connectivity index (χ0n) is 12.7. The average Bonchev–Trinajstić information content (AvgIpc) is 2.82. The van der Waals surface area contributed by atoms with Crippen LogP contribution in [-0.2, 0) is 27.6 Å². The van der Waals surface area contributed by atoms with Crippen molar-refractivity contribution in [3.8, 4) is 0 Å². The molecule has 0 aliphatic heterocycles. The molecule has 0 bridgehead atoms. The van der Waals surface area contributed by atoms with Crippen LogP contribution in [0.5, 0.6) is 0 Å². The number of halogens is 1. The number of imidazole rings is 1. The van der Waals surface area contributed by atoms with Crippen LogP contribution < -0.4 is 4.57 Å². The van der Waals surface area contributed by atoms with E-state index in [0.717, 1.165) is 5.56 Å². The number of hydrogen-bond donors (Lipinski definition) is 2. The van der Waals surface area contributed by atoms with E-state index in [4.69, 9.17) is 22.1 Å². The fourth-order valence-corrected chi connectivity index (χ4v) is 2.27. The van der Waals surface area contributed by atoms with E-state index in [1.165, 1.54) is 12.1 Å². The van der Waals surface area contributed by atoms with Crippen LogP contribution in [-0.4, -0.2) is 35.1 Å². The minimum atomic E-state index is -4.92. The standard InChI is InChI=1S/C12H14N2O3S.ClH.H2O4S/c1-10(14-8-7-13(2)9-14)11-3-5-12(6-4-11)18(15,16)17;;1-5(2,3)4/h3-10H,1-2H3;1H;(H2,1,2,3,4). The van der Waals surface area contributed by atoms with Crippen molar-refractivity contribution in [2.24, 2.45) is 7.05 Å². The highest BCUT2D eigenvalue weighted by Gasteiger charge is 2.15. The second-order valence-corrected chi connectivity index (χ2v) is 6.95. The minimum absolute atomic E-state index is 0. The lowest BCUT2D eigenvalue weighted by Gasteiger charge is -2.08. The first-order chi connectivity index (χ1) is 10.4. The summed E-state index contributed by atoms with van der Waals surface area (Å²) in [7, 11) is -7.10. The molecule has 0 aliphatic carbocycles. The summed E-state index contributed by atoms with van der Waals surface area (Å²) in [5, 5.41) is 0. The van der Waals surface area contributed by atoms with Crippen molar-refractivity contribution < 1.29 is 35.1 Å². The maximum absolute atomic E-state index is 10.9. The predicted molar refractivity (Wildman–Crippen MR) is 85.3 cm³/mol. The summed E-state index contributed by atoms with van der Waals surface area (Å²) in [5.41, 5.74) is 0.971. The predicted octanol–water partition coefficient (Wildman–Crippen LogP) is 0.595. The average molecular weight is 401 g/mol. The van der Waals surface area contributed by atoms with E-state index in [1.807, 2.05) is 41.8 Å². The molecule has 1 unspecified atom stereocenters. The van der Waals surface area contributed by atoms with Crippen molar-refractivity contribution in [1.82, 2.24) is 4.57 Å².